The molecule has 0 bridgehead atoms. The third kappa shape index (κ3) is 9.03. The maximum absolute atomic E-state index is 3.59. The van der Waals surface area contributed by atoms with Gasteiger partial charge in [-0.3, -0.25) is 9.80 Å². The van der Waals surface area contributed by atoms with E-state index in [2.05, 4.69) is 47.3 Å². The van der Waals surface area contributed by atoms with Crippen LogP contribution in [0.25, 0.3) is 0 Å². The zero-order valence-electron chi connectivity index (χ0n) is 18.8. The molecule has 0 aromatic heterocycles. The first kappa shape index (κ1) is 23.3. The molecule has 2 unspecified atom stereocenters. The van der Waals surface area contributed by atoms with Crippen LogP contribution in [-0.4, -0.2) is 48.1 Å². The molecule has 0 radical (unpaired) electrons. The first-order valence-electron chi connectivity index (χ1n) is 12.3. The fourth-order valence-electron chi connectivity index (χ4n) is 4.51. The van der Waals surface area contributed by atoms with Crippen LogP contribution < -0.4 is 0 Å². The van der Waals surface area contributed by atoms with Crippen molar-refractivity contribution in [3.63, 3.8) is 0 Å². The Morgan fingerprint density at radius 3 is 1.36 bits per heavy atom. The average molecular weight is 385 g/mol. The van der Waals surface area contributed by atoms with Crippen LogP contribution in [0, 0.1) is 23.7 Å². The molecule has 2 nitrogen and oxygen atoms in total. The zero-order valence-corrected chi connectivity index (χ0v) is 18.8. The van der Waals surface area contributed by atoms with E-state index in [1.165, 1.54) is 103 Å². The summed E-state index contributed by atoms with van der Waals surface area (Å²) < 4.78 is 0. The monoisotopic (exact) mass is 384 g/mol. The fourth-order valence-corrected chi connectivity index (χ4v) is 4.51. The summed E-state index contributed by atoms with van der Waals surface area (Å²) in [6.07, 6.45) is 17.7. The highest BCUT2D eigenvalue weighted by molar-refractivity contribution is 5.10. The van der Waals surface area contributed by atoms with Crippen molar-refractivity contribution >= 4 is 0 Å². The van der Waals surface area contributed by atoms with E-state index in [0.29, 0.717) is 12.1 Å². The van der Waals surface area contributed by atoms with Gasteiger partial charge < -0.3 is 0 Å². The molecule has 2 aliphatic rings. The molecule has 2 rings (SSSR count). The van der Waals surface area contributed by atoms with Crippen LogP contribution in [0.15, 0.2) is 0 Å². The minimum absolute atomic E-state index is 0.504. The van der Waals surface area contributed by atoms with Crippen molar-refractivity contribution in [3.05, 3.63) is 0 Å². The molecule has 28 heavy (non-hydrogen) atoms. The molecule has 158 valence electrons. The van der Waals surface area contributed by atoms with Gasteiger partial charge in [-0.1, -0.05) is 51.4 Å². The molecular formula is C26H44N2. The van der Waals surface area contributed by atoms with Gasteiger partial charge in [0.1, 0.15) is 0 Å². The van der Waals surface area contributed by atoms with Gasteiger partial charge in [-0.25, -0.2) is 0 Å². The molecule has 0 aromatic carbocycles. The molecule has 0 spiro atoms. The van der Waals surface area contributed by atoms with Crippen LogP contribution in [0.2, 0.25) is 0 Å². The van der Waals surface area contributed by atoms with Crippen molar-refractivity contribution in [1.82, 2.24) is 9.80 Å². The fraction of sp³-hybridized carbons (Fsp3) is 0.846. The highest BCUT2D eigenvalue weighted by atomic mass is 15.2. The lowest BCUT2D eigenvalue weighted by Crippen LogP contribution is -2.38. The molecular weight excluding hydrogens is 340 g/mol. The SMILES string of the molecule is CCCC(C#CCCCCC#CC(CCC)N1CCCCC1)N1CCCCC1. The summed E-state index contributed by atoms with van der Waals surface area (Å²) in [6, 6.07) is 1.01. The third-order valence-corrected chi connectivity index (χ3v) is 6.18. The quantitative estimate of drug-likeness (QED) is 0.363. The summed E-state index contributed by atoms with van der Waals surface area (Å²) in [4.78, 5) is 5.25. The van der Waals surface area contributed by atoms with Gasteiger partial charge in [0.05, 0.1) is 12.1 Å². The number of piperidine rings is 2. The predicted octanol–water partition coefficient (Wildman–Crippen LogP) is 5.86. The minimum atomic E-state index is 0.504. The maximum Gasteiger partial charge on any atom is 0.0714 e. The van der Waals surface area contributed by atoms with Gasteiger partial charge in [0.25, 0.3) is 0 Å². The van der Waals surface area contributed by atoms with E-state index in [1.807, 2.05) is 0 Å². The van der Waals surface area contributed by atoms with Crippen LogP contribution in [-0.2, 0) is 0 Å². The second-order valence-electron chi connectivity index (χ2n) is 8.65. The van der Waals surface area contributed by atoms with Gasteiger partial charge in [-0.2, -0.15) is 0 Å². The van der Waals surface area contributed by atoms with Crippen LogP contribution in [0.5, 0.6) is 0 Å². The van der Waals surface area contributed by atoms with E-state index in [4.69, 9.17) is 0 Å². The van der Waals surface area contributed by atoms with Crippen molar-refractivity contribution in [2.24, 2.45) is 0 Å². The lowest BCUT2D eigenvalue weighted by molar-refractivity contribution is 0.188. The largest absolute Gasteiger partial charge is 0.290 e. The van der Waals surface area contributed by atoms with Gasteiger partial charge in [0, 0.05) is 12.8 Å². The van der Waals surface area contributed by atoms with E-state index in [9.17, 15) is 0 Å². The predicted molar refractivity (Wildman–Crippen MR) is 122 cm³/mol. The van der Waals surface area contributed by atoms with Gasteiger partial charge >= 0.3 is 0 Å². The van der Waals surface area contributed by atoms with Crippen LogP contribution in [0.1, 0.15) is 104 Å². The summed E-state index contributed by atoms with van der Waals surface area (Å²) in [6.45, 7) is 9.59. The number of likely N-dealkylation sites (tertiary alicyclic amines) is 2. The van der Waals surface area contributed by atoms with Crippen LogP contribution in [0.3, 0.4) is 0 Å². The summed E-state index contributed by atoms with van der Waals surface area (Å²) in [5, 5.41) is 0. The third-order valence-electron chi connectivity index (χ3n) is 6.18. The smallest absolute Gasteiger partial charge is 0.0714 e. The normalized spacial score (nSPS) is 20.5. The van der Waals surface area contributed by atoms with Crippen molar-refractivity contribution in [3.8, 4) is 23.7 Å². The van der Waals surface area contributed by atoms with Gasteiger partial charge in [0.15, 0.2) is 0 Å². The topological polar surface area (TPSA) is 6.48 Å². The van der Waals surface area contributed by atoms with Crippen molar-refractivity contribution in [2.75, 3.05) is 26.2 Å². The summed E-state index contributed by atoms with van der Waals surface area (Å²) in [7, 11) is 0. The molecule has 2 aliphatic heterocycles. The zero-order chi connectivity index (χ0) is 19.9. The first-order valence-corrected chi connectivity index (χ1v) is 12.3. The van der Waals surface area contributed by atoms with E-state index >= 15 is 0 Å². The van der Waals surface area contributed by atoms with Crippen molar-refractivity contribution < 1.29 is 0 Å². The number of rotatable bonds is 9. The van der Waals surface area contributed by atoms with Gasteiger partial charge in [0.2, 0.25) is 0 Å². The number of hydrogen-bond donors (Lipinski definition) is 0. The Hall–Kier alpha value is -0.960. The Morgan fingerprint density at radius 1 is 0.607 bits per heavy atom. The lowest BCUT2D eigenvalue weighted by Gasteiger charge is -2.31. The molecule has 2 heteroatoms. The molecule has 0 N–H and O–H groups in total. The summed E-state index contributed by atoms with van der Waals surface area (Å²) in [5.74, 6) is 14.2. The lowest BCUT2D eigenvalue weighted by atomic mass is 10.0. The summed E-state index contributed by atoms with van der Waals surface area (Å²) >= 11 is 0. The number of unbranched alkanes of at least 4 members (excludes halogenated alkanes) is 3. The van der Waals surface area contributed by atoms with Crippen molar-refractivity contribution in [1.29, 1.82) is 0 Å². The Morgan fingerprint density at radius 2 is 1.00 bits per heavy atom. The van der Waals surface area contributed by atoms with E-state index in [-0.39, 0.29) is 0 Å². The first-order chi connectivity index (χ1) is 13.8. The van der Waals surface area contributed by atoms with E-state index < -0.39 is 0 Å². The molecule has 0 aliphatic carbocycles. The standard InChI is InChI=1S/C26H44N2/c1-3-17-25(27-21-13-9-14-22-27)19-11-7-5-6-8-12-20-26(18-4-2)28-23-15-10-16-24-28/h25-26H,3-10,13-18,21-24H2,1-2H3. The highest BCUT2D eigenvalue weighted by Crippen LogP contribution is 2.16. The number of nitrogens with zero attached hydrogens (tertiary/aromatic N) is 2. The second kappa shape index (κ2) is 15.0. The van der Waals surface area contributed by atoms with Crippen molar-refractivity contribution in [2.45, 2.75) is 116 Å². The molecule has 0 saturated carbocycles. The Bertz CT molecular complexity index is 458. The van der Waals surface area contributed by atoms with E-state index in [0.717, 1.165) is 12.8 Å². The Labute approximate surface area is 175 Å². The number of hydrogen-bond acceptors (Lipinski definition) is 2. The second-order valence-corrected chi connectivity index (χ2v) is 8.65. The van der Waals surface area contributed by atoms with Gasteiger partial charge in [-0.15, -0.1) is 11.8 Å². The molecule has 2 fully saturated rings. The maximum atomic E-state index is 3.59. The van der Waals surface area contributed by atoms with Crippen LogP contribution >= 0.6 is 0 Å². The molecule has 0 aromatic rings. The Kier molecular flexibility index (Phi) is 12.5. The molecule has 2 heterocycles. The molecule has 2 saturated heterocycles. The van der Waals surface area contributed by atoms with Crippen LogP contribution in [0.4, 0.5) is 0 Å². The summed E-state index contributed by atoms with van der Waals surface area (Å²) in [5.41, 5.74) is 0. The van der Waals surface area contributed by atoms with E-state index in [1.54, 1.807) is 0 Å². The average Bonchev–Trinajstić information content (AvgIpc) is 2.75. The van der Waals surface area contributed by atoms with Gasteiger partial charge in [-0.05, 0) is 77.5 Å². The molecule has 0 amide bonds. The molecule has 2 atom stereocenters. The minimum Gasteiger partial charge on any atom is -0.290 e. The Balaban J connectivity index is 1.66. The highest BCUT2D eigenvalue weighted by Gasteiger charge is 2.18.